The van der Waals surface area contributed by atoms with E-state index < -0.39 is 0 Å². The van der Waals surface area contributed by atoms with E-state index in [1.165, 1.54) is 70.7 Å². The molecule has 5 heterocycles. The number of aromatic nitrogens is 2. The SMILES string of the molecule is c1ccc(-c2cc3c4c(c2)-n2c5ccccc5c5cccc(c52)B4c2cccc4c2N3c2ccccc2S4)nc1. The number of rotatable bonds is 1. The number of hydrogen-bond donors (Lipinski definition) is 0. The Morgan fingerprint density at radius 2 is 1.40 bits per heavy atom. The standard InChI is InChI=1S/C35H20BN3S/c1-2-14-27-22(9-1)23-10-7-11-24-34(23)38(27)29-19-21(26-13-5-6-18-37-26)20-30-33(29)36(24)25-12-8-17-32-35(25)39(30)28-15-3-4-16-31(28)40-32/h1-20H. The van der Waals surface area contributed by atoms with Gasteiger partial charge in [-0.3, -0.25) is 4.98 Å². The van der Waals surface area contributed by atoms with Crippen LogP contribution in [0.5, 0.6) is 0 Å². The molecule has 184 valence electrons. The Balaban J connectivity index is 1.43. The molecular weight excluding hydrogens is 505 g/mol. The maximum absolute atomic E-state index is 4.79. The smallest absolute Gasteiger partial charge is 0.252 e. The molecule has 3 nitrogen and oxygen atoms in total. The van der Waals surface area contributed by atoms with Gasteiger partial charge in [0, 0.05) is 49.2 Å². The van der Waals surface area contributed by atoms with Crippen molar-refractivity contribution in [3.05, 3.63) is 121 Å². The highest BCUT2D eigenvalue weighted by molar-refractivity contribution is 7.99. The molecule has 3 aliphatic rings. The molecule has 0 amide bonds. The van der Waals surface area contributed by atoms with Crippen LogP contribution in [0.2, 0.25) is 0 Å². The lowest BCUT2D eigenvalue weighted by Gasteiger charge is -2.43. The minimum Gasteiger partial charge on any atom is -0.310 e. The number of fused-ring (bicyclic) bond motifs is 9. The number of nitrogens with zero attached hydrogens (tertiary/aromatic N) is 3. The van der Waals surface area contributed by atoms with Crippen LogP contribution in [0.25, 0.3) is 38.8 Å². The zero-order valence-electron chi connectivity index (χ0n) is 21.4. The van der Waals surface area contributed by atoms with E-state index in [-0.39, 0.29) is 6.71 Å². The molecule has 0 fully saturated rings. The van der Waals surface area contributed by atoms with E-state index in [4.69, 9.17) is 4.98 Å². The lowest BCUT2D eigenvalue weighted by Crippen LogP contribution is -2.60. The summed E-state index contributed by atoms with van der Waals surface area (Å²) in [7, 11) is 0. The van der Waals surface area contributed by atoms with Crippen molar-refractivity contribution in [3.8, 4) is 16.9 Å². The third kappa shape index (κ3) is 2.52. The van der Waals surface area contributed by atoms with Crippen LogP contribution in [-0.2, 0) is 0 Å². The van der Waals surface area contributed by atoms with Gasteiger partial charge in [-0.05, 0) is 64.9 Å². The van der Waals surface area contributed by atoms with Crippen LogP contribution >= 0.6 is 11.8 Å². The first-order chi connectivity index (χ1) is 19.9. The molecule has 5 heteroatoms. The molecule has 0 atom stereocenters. The van der Waals surface area contributed by atoms with Gasteiger partial charge in [-0.25, -0.2) is 0 Å². The van der Waals surface area contributed by atoms with Crippen molar-refractivity contribution in [2.75, 3.05) is 4.90 Å². The highest BCUT2D eigenvalue weighted by atomic mass is 32.2. The van der Waals surface area contributed by atoms with Gasteiger partial charge in [0.15, 0.2) is 0 Å². The molecular formula is C35H20BN3S. The molecule has 3 aliphatic heterocycles. The third-order valence-electron chi connectivity index (χ3n) is 8.80. The van der Waals surface area contributed by atoms with Gasteiger partial charge in [0.1, 0.15) is 0 Å². The van der Waals surface area contributed by atoms with E-state index in [1.807, 2.05) is 24.0 Å². The second-order valence-corrected chi connectivity index (χ2v) is 11.9. The molecule has 2 aromatic heterocycles. The van der Waals surface area contributed by atoms with Crippen LogP contribution in [0.4, 0.5) is 17.1 Å². The Kier molecular flexibility index (Phi) is 3.94. The van der Waals surface area contributed by atoms with Crippen LogP contribution < -0.4 is 21.3 Å². The Hall–Kier alpha value is -4.74. The molecule has 0 saturated heterocycles. The lowest BCUT2D eigenvalue weighted by atomic mass is 9.33. The molecule has 0 radical (unpaired) electrons. The van der Waals surface area contributed by atoms with Crippen LogP contribution in [0.1, 0.15) is 0 Å². The first-order valence-corrected chi connectivity index (χ1v) is 14.5. The summed E-state index contributed by atoms with van der Waals surface area (Å²) in [6.45, 7) is 0.153. The van der Waals surface area contributed by atoms with Gasteiger partial charge in [0.05, 0.1) is 22.6 Å². The number of pyridine rings is 1. The number of anilines is 3. The first-order valence-electron chi connectivity index (χ1n) is 13.7. The van der Waals surface area contributed by atoms with Crippen molar-refractivity contribution >= 4 is 73.7 Å². The quantitative estimate of drug-likeness (QED) is 0.217. The predicted octanol–water partition coefficient (Wildman–Crippen LogP) is 6.92. The zero-order valence-corrected chi connectivity index (χ0v) is 22.2. The molecule has 0 unspecified atom stereocenters. The molecule has 0 N–H and O–H groups in total. The monoisotopic (exact) mass is 525 g/mol. The zero-order chi connectivity index (χ0) is 25.9. The van der Waals surface area contributed by atoms with Crippen LogP contribution in [0.15, 0.2) is 131 Å². The lowest BCUT2D eigenvalue weighted by molar-refractivity contribution is 1.14. The van der Waals surface area contributed by atoms with Crippen molar-refractivity contribution < 1.29 is 0 Å². The largest absolute Gasteiger partial charge is 0.310 e. The van der Waals surface area contributed by atoms with E-state index in [0.717, 1.165) is 11.3 Å². The average Bonchev–Trinajstić information content (AvgIpc) is 3.36. The fourth-order valence-corrected chi connectivity index (χ4v) is 8.39. The summed E-state index contributed by atoms with van der Waals surface area (Å²) >= 11 is 1.88. The van der Waals surface area contributed by atoms with E-state index >= 15 is 0 Å². The minimum absolute atomic E-state index is 0.153. The molecule has 7 aromatic rings. The van der Waals surface area contributed by atoms with Crippen molar-refractivity contribution in [1.82, 2.24) is 9.55 Å². The fourth-order valence-electron chi connectivity index (χ4n) is 7.29. The second kappa shape index (κ2) is 7.47. The van der Waals surface area contributed by atoms with Gasteiger partial charge >= 0.3 is 0 Å². The molecule has 10 rings (SSSR count). The number of para-hydroxylation sites is 4. The Morgan fingerprint density at radius 3 is 2.35 bits per heavy atom. The topological polar surface area (TPSA) is 21.1 Å². The van der Waals surface area contributed by atoms with E-state index in [2.05, 4.69) is 119 Å². The number of benzene rings is 5. The minimum atomic E-state index is 0.153. The van der Waals surface area contributed by atoms with Crippen molar-refractivity contribution in [1.29, 1.82) is 0 Å². The predicted molar refractivity (Wildman–Crippen MR) is 167 cm³/mol. The van der Waals surface area contributed by atoms with E-state index in [1.54, 1.807) is 0 Å². The summed E-state index contributed by atoms with van der Waals surface area (Å²) in [5.74, 6) is 0. The average molecular weight is 525 g/mol. The second-order valence-electron chi connectivity index (χ2n) is 10.8. The molecule has 0 spiro atoms. The normalized spacial score (nSPS) is 13.8. The molecule has 0 saturated carbocycles. The van der Waals surface area contributed by atoms with Gasteiger partial charge in [-0.2, -0.15) is 0 Å². The van der Waals surface area contributed by atoms with Crippen molar-refractivity contribution in [3.63, 3.8) is 0 Å². The van der Waals surface area contributed by atoms with Crippen LogP contribution in [0, 0.1) is 0 Å². The maximum atomic E-state index is 4.79. The molecule has 0 bridgehead atoms. The van der Waals surface area contributed by atoms with Crippen LogP contribution in [0.3, 0.4) is 0 Å². The van der Waals surface area contributed by atoms with Gasteiger partial charge in [-0.1, -0.05) is 78.5 Å². The van der Waals surface area contributed by atoms with E-state index in [9.17, 15) is 0 Å². The third-order valence-corrected chi connectivity index (χ3v) is 9.91. The molecule has 5 aromatic carbocycles. The first kappa shape index (κ1) is 21.1. The summed E-state index contributed by atoms with van der Waals surface area (Å²) in [6.07, 6.45) is 1.89. The molecule has 0 aliphatic carbocycles. The Bertz CT molecular complexity index is 2220. The Morgan fingerprint density at radius 1 is 0.625 bits per heavy atom. The summed E-state index contributed by atoms with van der Waals surface area (Å²) in [4.78, 5) is 9.91. The summed E-state index contributed by atoms with van der Waals surface area (Å²) in [6, 6.07) is 42.3. The summed E-state index contributed by atoms with van der Waals surface area (Å²) < 4.78 is 2.52. The Labute approximate surface area is 235 Å². The van der Waals surface area contributed by atoms with Crippen LogP contribution in [-0.4, -0.2) is 16.3 Å². The molecule has 40 heavy (non-hydrogen) atoms. The highest BCUT2D eigenvalue weighted by Gasteiger charge is 2.44. The number of hydrogen-bond acceptors (Lipinski definition) is 3. The van der Waals surface area contributed by atoms with Gasteiger partial charge < -0.3 is 9.47 Å². The van der Waals surface area contributed by atoms with Gasteiger partial charge in [0.2, 0.25) is 0 Å². The van der Waals surface area contributed by atoms with Gasteiger partial charge in [-0.15, -0.1) is 0 Å². The van der Waals surface area contributed by atoms with E-state index in [0.29, 0.717) is 0 Å². The van der Waals surface area contributed by atoms with Crippen molar-refractivity contribution in [2.24, 2.45) is 0 Å². The van der Waals surface area contributed by atoms with Crippen molar-refractivity contribution in [2.45, 2.75) is 9.79 Å². The maximum Gasteiger partial charge on any atom is 0.252 e. The summed E-state index contributed by atoms with van der Waals surface area (Å²) in [5, 5.41) is 2.61. The summed E-state index contributed by atoms with van der Waals surface area (Å²) in [5.41, 5.74) is 13.9. The highest BCUT2D eigenvalue weighted by Crippen LogP contribution is 2.53. The fraction of sp³-hybridized carbons (Fsp3) is 0. The van der Waals surface area contributed by atoms with Gasteiger partial charge in [0.25, 0.3) is 6.71 Å².